The van der Waals surface area contributed by atoms with E-state index in [1.807, 2.05) is 13.8 Å². The van der Waals surface area contributed by atoms with Crippen molar-refractivity contribution in [3.8, 4) is 0 Å². The number of carboxylic acid groups (broad SMARTS) is 2. The molecule has 72 heavy (non-hydrogen) atoms. The Bertz CT molecular complexity index is 1840. The van der Waals surface area contributed by atoms with Crippen LogP contribution in [0.15, 0.2) is 0 Å². The molecule has 0 bridgehead atoms. The first-order chi connectivity index (χ1) is 33.3. The van der Waals surface area contributed by atoms with Gasteiger partial charge in [-0.2, -0.15) is 0 Å². The monoisotopic (exact) mass is 1030 g/mol. The molecule has 24 heteroatoms. The zero-order valence-electron chi connectivity index (χ0n) is 44.2. The standard InChI is InChI=1S/C48H86N10O14/c1-13-28(12)39(47(70)56-35(22-59)45(68)55-34(48(71)72)21-26(8)9)58-46(69)38(27(10)11)57-42(65)30(14-16-36(50)60)51-44(67)33(20-25(6)7)54-41(64)31(15-17-37(61)62)52-43(66)32(19-24(4)5)53-40(63)29(49)18-23(2)3/h23-35,38-39,59H,13-22,49H2,1-12H3,(H2,50,60)(H,51,67)(H,52,66)(H,53,63)(H,54,64)(H,55,68)(H,56,70)(H,57,65)(H,58,69)(H,61,62)(H,71,72)/t28-,29-,30-,31-,32-,33-,34-,35-,38-,39-/m0/s1. The number of amides is 9. The molecule has 0 aliphatic rings. The fraction of sp³-hybridized carbons (Fsp3) is 0.771. The van der Waals surface area contributed by atoms with Gasteiger partial charge in [0, 0.05) is 12.8 Å². The molecule has 0 aromatic heterocycles. The predicted octanol–water partition coefficient (Wildman–Crippen LogP) is -0.714. The first-order valence-corrected chi connectivity index (χ1v) is 24.9. The molecular weight excluding hydrogens is 941 g/mol. The van der Waals surface area contributed by atoms with Crippen molar-refractivity contribution in [1.29, 1.82) is 0 Å². The predicted molar refractivity (Wildman–Crippen MR) is 266 cm³/mol. The second-order valence-electron chi connectivity index (χ2n) is 20.6. The number of nitrogens with one attached hydrogen (secondary N) is 8. The minimum absolute atomic E-state index is 0.0337. The summed E-state index contributed by atoms with van der Waals surface area (Å²) >= 11 is 0. The van der Waals surface area contributed by atoms with Crippen molar-refractivity contribution in [2.75, 3.05) is 6.61 Å². The molecule has 0 aliphatic carbocycles. The Kier molecular flexibility index (Phi) is 30.2. The normalized spacial score (nSPS) is 15.7. The largest absolute Gasteiger partial charge is 0.481 e. The van der Waals surface area contributed by atoms with Gasteiger partial charge in [0.2, 0.25) is 53.2 Å². The first kappa shape index (κ1) is 66.1. The molecule has 0 saturated heterocycles. The maximum absolute atomic E-state index is 14.1. The van der Waals surface area contributed by atoms with Crippen molar-refractivity contribution < 1.29 is 68.1 Å². The third-order valence-electron chi connectivity index (χ3n) is 11.5. The van der Waals surface area contributed by atoms with Crippen LogP contribution in [0, 0.1) is 35.5 Å². The molecule has 0 spiro atoms. The Hall–Kier alpha value is -5.91. The second-order valence-corrected chi connectivity index (χ2v) is 20.6. The van der Waals surface area contributed by atoms with Crippen LogP contribution >= 0.6 is 0 Å². The molecule has 0 radical (unpaired) electrons. The summed E-state index contributed by atoms with van der Waals surface area (Å²) in [5, 5.41) is 49.2. The lowest BCUT2D eigenvalue weighted by Crippen LogP contribution is -2.62. The smallest absolute Gasteiger partial charge is 0.326 e. The number of aliphatic carboxylic acids is 2. The van der Waals surface area contributed by atoms with Gasteiger partial charge in [0.1, 0.15) is 48.3 Å². The summed E-state index contributed by atoms with van der Waals surface area (Å²) in [5.74, 6) is -12.1. The van der Waals surface area contributed by atoms with E-state index in [2.05, 4.69) is 42.5 Å². The minimum Gasteiger partial charge on any atom is -0.481 e. The molecule has 0 fully saturated rings. The van der Waals surface area contributed by atoms with E-state index in [0.717, 1.165) is 0 Å². The molecule has 0 aliphatic heterocycles. The number of carbonyl (C=O) groups excluding carboxylic acids is 9. The zero-order chi connectivity index (χ0) is 55.7. The van der Waals surface area contributed by atoms with E-state index in [1.165, 1.54) is 0 Å². The Morgan fingerprint density at radius 3 is 1.18 bits per heavy atom. The molecule has 0 saturated carbocycles. The average molecular weight is 1030 g/mol. The Labute approximate surface area is 423 Å². The topological polar surface area (TPSA) is 397 Å². The van der Waals surface area contributed by atoms with Crippen LogP contribution in [0.5, 0.6) is 0 Å². The summed E-state index contributed by atoms with van der Waals surface area (Å²) in [4.78, 5) is 145. The van der Waals surface area contributed by atoms with E-state index < -0.39 is 157 Å². The van der Waals surface area contributed by atoms with Crippen LogP contribution < -0.4 is 54.0 Å². The third kappa shape index (κ3) is 25.5. The quantitative estimate of drug-likeness (QED) is 0.0373. The van der Waals surface area contributed by atoms with Crippen molar-refractivity contribution >= 4 is 65.1 Å². The van der Waals surface area contributed by atoms with E-state index in [4.69, 9.17) is 11.5 Å². The van der Waals surface area contributed by atoms with E-state index in [1.54, 1.807) is 69.2 Å². The number of hydrogen-bond donors (Lipinski definition) is 13. The van der Waals surface area contributed by atoms with Crippen molar-refractivity contribution in [3.63, 3.8) is 0 Å². The fourth-order valence-electron chi connectivity index (χ4n) is 7.36. The van der Waals surface area contributed by atoms with Crippen LogP contribution in [0.4, 0.5) is 0 Å². The molecule has 15 N–H and O–H groups in total. The summed E-state index contributed by atoms with van der Waals surface area (Å²) in [6.45, 7) is 19.9. The van der Waals surface area contributed by atoms with Gasteiger partial charge in [0.25, 0.3) is 0 Å². The molecule has 412 valence electrons. The molecule has 10 atom stereocenters. The first-order valence-electron chi connectivity index (χ1n) is 24.9. The molecule has 9 amide bonds. The van der Waals surface area contributed by atoms with Crippen molar-refractivity contribution in [1.82, 2.24) is 42.5 Å². The van der Waals surface area contributed by atoms with Gasteiger partial charge in [-0.3, -0.25) is 47.9 Å². The average Bonchev–Trinajstić information content (AvgIpc) is 3.26. The van der Waals surface area contributed by atoms with Gasteiger partial charge in [0.05, 0.1) is 12.6 Å². The number of nitrogens with two attached hydrogens (primary N) is 2. The lowest BCUT2D eigenvalue weighted by atomic mass is 9.96. The molecule has 24 nitrogen and oxygen atoms in total. The van der Waals surface area contributed by atoms with Gasteiger partial charge in [0.15, 0.2) is 0 Å². The van der Waals surface area contributed by atoms with Crippen LogP contribution in [-0.2, 0) is 52.7 Å². The summed E-state index contributed by atoms with van der Waals surface area (Å²) < 4.78 is 0. The van der Waals surface area contributed by atoms with Gasteiger partial charge in [-0.1, -0.05) is 89.5 Å². The van der Waals surface area contributed by atoms with Crippen LogP contribution in [0.2, 0.25) is 0 Å². The number of aliphatic hydroxyl groups is 1. The number of primary amides is 1. The summed E-state index contributed by atoms with van der Waals surface area (Å²) in [6.07, 6.45) is -0.939. The van der Waals surface area contributed by atoms with Crippen LogP contribution in [0.3, 0.4) is 0 Å². The molecule has 0 heterocycles. The second kappa shape index (κ2) is 32.9. The third-order valence-corrected chi connectivity index (χ3v) is 11.5. The maximum atomic E-state index is 14.1. The van der Waals surface area contributed by atoms with Crippen LogP contribution in [0.25, 0.3) is 0 Å². The van der Waals surface area contributed by atoms with Gasteiger partial charge in [-0.25, -0.2) is 4.79 Å². The van der Waals surface area contributed by atoms with E-state index in [-0.39, 0.29) is 49.4 Å². The number of carbonyl (C=O) groups is 11. The Morgan fingerprint density at radius 1 is 0.431 bits per heavy atom. The SMILES string of the molecule is CC[C@H](C)[C@H](NC(=O)[C@@H](NC(=O)[C@H](CCC(N)=O)NC(=O)[C@H](CC(C)C)NC(=O)[C@H](CCC(=O)O)NC(=O)[C@H](CC(C)C)NC(=O)[C@@H](N)CC(C)C)C(C)C)C(=O)N[C@@H](CO)C(=O)N[C@@H](CC(C)C)C(=O)O. The molecule has 0 unspecified atom stereocenters. The summed E-state index contributed by atoms with van der Waals surface area (Å²) in [7, 11) is 0. The highest BCUT2D eigenvalue weighted by Gasteiger charge is 2.37. The highest BCUT2D eigenvalue weighted by atomic mass is 16.4. The summed E-state index contributed by atoms with van der Waals surface area (Å²) in [6, 6.07) is -12.2. The van der Waals surface area contributed by atoms with Gasteiger partial charge in [-0.15, -0.1) is 0 Å². The number of hydrogen-bond acceptors (Lipinski definition) is 13. The van der Waals surface area contributed by atoms with E-state index >= 15 is 0 Å². The fourth-order valence-corrected chi connectivity index (χ4v) is 7.36. The van der Waals surface area contributed by atoms with Crippen molar-refractivity contribution in [3.05, 3.63) is 0 Å². The molecule has 0 aromatic rings. The molecule has 0 aromatic carbocycles. The molecule has 0 rings (SSSR count). The highest BCUT2D eigenvalue weighted by Crippen LogP contribution is 2.14. The van der Waals surface area contributed by atoms with Gasteiger partial charge < -0.3 is 69.3 Å². The molecular formula is C48H86N10O14. The van der Waals surface area contributed by atoms with E-state index in [0.29, 0.717) is 12.8 Å². The zero-order valence-corrected chi connectivity index (χ0v) is 44.2. The van der Waals surface area contributed by atoms with Gasteiger partial charge in [-0.05, 0) is 74.0 Å². The summed E-state index contributed by atoms with van der Waals surface area (Å²) in [5.41, 5.74) is 11.5. The van der Waals surface area contributed by atoms with Crippen molar-refractivity contribution in [2.45, 2.75) is 195 Å². The maximum Gasteiger partial charge on any atom is 0.326 e. The van der Waals surface area contributed by atoms with Crippen LogP contribution in [0.1, 0.15) is 141 Å². The number of rotatable bonds is 35. The van der Waals surface area contributed by atoms with E-state index in [9.17, 15) is 68.1 Å². The lowest BCUT2D eigenvalue weighted by molar-refractivity contribution is -0.143. The van der Waals surface area contributed by atoms with Gasteiger partial charge >= 0.3 is 11.9 Å². The Balaban J connectivity index is 6.66. The minimum atomic E-state index is -1.59. The number of aliphatic hydroxyl groups excluding tert-OH is 1. The highest BCUT2D eigenvalue weighted by molar-refractivity contribution is 5.98. The van der Waals surface area contributed by atoms with Crippen LogP contribution in [-0.4, -0.2) is 141 Å². The lowest BCUT2D eigenvalue weighted by Gasteiger charge is -2.30. The Morgan fingerprint density at radius 2 is 0.778 bits per heavy atom. The number of carboxylic acids is 2. The van der Waals surface area contributed by atoms with Crippen molar-refractivity contribution in [2.24, 2.45) is 47.0 Å².